The fourth-order valence-electron chi connectivity index (χ4n) is 2.38. The number of ketones is 1. The third-order valence-electron chi connectivity index (χ3n) is 3.50. The third-order valence-corrected chi connectivity index (χ3v) is 3.50. The molecule has 0 aromatic carbocycles. The fraction of sp³-hybridized carbons (Fsp3) is 0.900. The molecule has 0 N–H and O–H groups in total. The van der Waals surface area contributed by atoms with E-state index in [-0.39, 0.29) is 11.8 Å². The minimum Gasteiger partial charge on any atom is -0.466 e. The molecule has 0 spiro atoms. The Hall–Kier alpha value is -0.860. The van der Waals surface area contributed by atoms with E-state index in [9.17, 15) is 9.59 Å². The molecule has 0 aliphatic carbocycles. The van der Waals surface area contributed by atoms with E-state index in [2.05, 4.69) is 6.92 Å². The highest BCUT2D eigenvalue weighted by Gasteiger charge is 1.95. The van der Waals surface area contributed by atoms with Gasteiger partial charge in [0.1, 0.15) is 5.78 Å². The molecule has 23 heavy (non-hydrogen) atoms. The summed E-state index contributed by atoms with van der Waals surface area (Å²) >= 11 is 0. The lowest BCUT2D eigenvalue weighted by Gasteiger charge is -2.02. The standard InChI is InChI=1S/C14H28O2.C6H12O/c1-3-4-5-6-7-8-9-10-11-12-13-16-14(2)15;1-5(2)4-6(3)7/h3-13H2,1-2H3;5H,4H2,1-3H3. The smallest absolute Gasteiger partial charge is 0.302 e. The number of rotatable bonds is 13. The Morgan fingerprint density at radius 2 is 1.22 bits per heavy atom. The number of Topliss-reactive ketones (excluding diaryl/α,β-unsaturated/α-hetero) is 1. The Morgan fingerprint density at radius 3 is 1.52 bits per heavy atom. The summed E-state index contributed by atoms with van der Waals surface area (Å²) in [5.74, 6) is 0.656. The highest BCUT2D eigenvalue weighted by atomic mass is 16.5. The lowest BCUT2D eigenvalue weighted by Crippen LogP contribution is -2.00. The van der Waals surface area contributed by atoms with Crippen LogP contribution in [0.2, 0.25) is 0 Å². The van der Waals surface area contributed by atoms with Crippen LogP contribution in [0.1, 0.15) is 105 Å². The first-order valence-corrected chi connectivity index (χ1v) is 9.52. The monoisotopic (exact) mass is 328 g/mol. The highest BCUT2D eigenvalue weighted by molar-refractivity contribution is 5.75. The van der Waals surface area contributed by atoms with Gasteiger partial charge in [-0.1, -0.05) is 78.6 Å². The second-order valence-electron chi connectivity index (χ2n) is 6.82. The molecule has 3 heteroatoms. The summed E-state index contributed by atoms with van der Waals surface area (Å²) in [7, 11) is 0. The molecule has 0 saturated carbocycles. The lowest BCUT2D eigenvalue weighted by atomic mass is 10.1. The first kappa shape index (κ1) is 24.4. The van der Waals surface area contributed by atoms with Crippen LogP contribution in [-0.4, -0.2) is 18.4 Å². The Kier molecular flexibility index (Phi) is 20.3. The van der Waals surface area contributed by atoms with E-state index in [4.69, 9.17) is 4.74 Å². The maximum absolute atomic E-state index is 10.5. The molecule has 138 valence electrons. The van der Waals surface area contributed by atoms with E-state index in [1.54, 1.807) is 6.92 Å². The summed E-state index contributed by atoms with van der Waals surface area (Å²) in [5, 5.41) is 0. The van der Waals surface area contributed by atoms with Crippen molar-refractivity contribution in [2.24, 2.45) is 5.92 Å². The molecule has 0 saturated heterocycles. The van der Waals surface area contributed by atoms with Crippen molar-refractivity contribution < 1.29 is 14.3 Å². The summed E-state index contributed by atoms with van der Waals surface area (Å²) in [5.41, 5.74) is 0. The Balaban J connectivity index is 0. The maximum atomic E-state index is 10.5. The zero-order valence-electron chi connectivity index (χ0n) is 16.3. The van der Waals surface area contributed by atoms with E-state index >= 15 is 0 Å². The number of hydrogen-bond acceptors (Lipinski definition) is 3. The van der Waals surface area contributed by atoms with Gasteiger partial charge in [-0.2, -0.15) is 0 Å². The maximum Gasteiger partial charge on any atom is 0.302 e. The average molecular weight is 329 g/mol. The molecule has 0 heterocycles. The number of ether oxygens (including phenoxy) is 1. The summed E-state index contributed by atoms with van der Waals surface area (Å²) < 4.78 is 4.87. The summed E-state index contributed by atoms with van der Waals surface area (Å²) in [6.07, 6.45) is 13.9. The van der Waals surface area contributed by atoms with Gasteiger partial charge in [-0.15, -0.1) is 0 Å². The van der Waals surface area contributed by atoms with Gasteiger partial charge in [0.05, 0.1) is 6.61 Å². The lowest BCUT2D eigenvalue weighted by molar-refractivity contribution is -0.141. The molecule has 0 bridgehead atoms. The van der Waals surface area contributed by atoms with E-state index < -0.39 is 0 Å². The number of carbonyl (C=O) groups excluding carboxylic acids is 2. The number of esters is 1. The predicted octanol–water partition coefficient (Wildman–Crippen LogP) is 6.09. The minimum absolute atomic E-state index is 0.157. The molecule has 0 aliphatic heterocycles. The van der Waals surface area contributed by atoms with Gasteiger partial charge < -0.3 is 9.53 Å². The van der Waals surface area contributed by atoms with E-state index in [0.717, 1.165) is 12.8 Å². The SMILES string of the molecule is CC(=O)CC(C)C.CCCCCCCCCCCCOC(C)=O. The van der Waals surface area contributed by atoms with Crippen LogP contribution in [0, 0.1) is 5.92 Å². The van der Waals surface area contributed by atoms with Gasteiger partial charge in [0, 0.05) is 13.3 Å². The molecular formula is C20H40O3. The van der Waals surface area contributed by atoms with E-state index in [1.807, 2.05) is 13.8 Å². The van der Waals surface area contributed by atoms with Crippen LogP contribution in [0.25, 0.3) is 0 Å². The zero-order valence-corrected chi connectivity index (χ0v) is 16.3. The molecule has 0 fully saturated rings. The molecule has 0 radical (unpaired) electrons. The topological polar surface area (TPSA) is 43.4 Å². The van der Waals surface area contributed by atoms with Gasteiger partial charge >= 0.3 is 5.97 Å². The number of hydrogen-bond donors (Lipinski definition) is 0. The van der Waals surface area contributed by atoms with E-state index in [0.29, 0.717) is 12.5 Å². The molecular weight excluding hydrogens is 288 g/mol. The third kappa shape index (κ3) is 29.7. The van der Waals surface area contributed by atoms with Crippen LogP contribution >= 0.6 is 0 Å². The van der Waals surface area contributed by atoms with Crippen LogP contribution in [0.15, 0.2) is 0 Å². The minimum atomic E-state index is -0.157. The summed E-state index contributed by atoms with van der Waals surface area (Å²) in [4.78, 5) is 20.7. The molecule has 0 rings (SSSR count). The molecule has 0 aliphatic rings. The Bertz CT molecular complexity index is 272. The molecule has 0 atom stereocenters. The largest absolute Gasteiger partial charge is 0.466 e. The quantitative estimate of drug-likeness (QED) is 0.303. The van der Waals surface area contributed by atoms with Crippen molar-refractivity contribution in [3.63, 3.8) is 0 Å². The van der Waals surface area contributed by atoms with Gasteiger partial charge in [-0.25, -0.2) is 0 Å². The van der Waals surface area contributed by atoms with Gasteiger partial charge in [0.15, 0.2) is 0 Å². The Labute approximate surface area is 144 Å². The van der Waals surface area contributed by atoms with Crippen LogP contribution < -0.4 is 0 Å². The summed E-state index contributed by atoms with van der Waals surface area (Å²) in [6, 6.07) is 0. The van der Waals surface area contributed by atoms with Gasteiger partial charge in [-0.05, 0) is 19.3 Å². The fourth-order valence-corrected chi connectivity index (χ4v) is 2.38. The molecule has 0 amide bonds. The number of carbonyl (C=O) groups is 2. The summed E-state index contributed by atoms with van der Waals surface area (Å²) in [6.45, 7) is 10.0. The zero-order chi connectivity index (χ0) is 17.9. The van der Waals surface area contributed by atoms with Crippen molar-refractivity contribution in [3.05, 3.63) is 0 Å². The van der Waals surface area contributed by atoms with Crippen LogP contribution in [0.5, 0.6) is 0 Å². The van der Waals surface area contributed by atoms with Crippen molar-refractivity contribution in [2.45, 2.75) is 105 Å². The van der Waals surface area contributed by atoms with Crippen LogP contribution in [0.4, 0.5) is 0 Å². The first-order valence-electron chi connectivity index (χ1n) is 9.52. The van der Waals surface area contributed by atoms with Crippen LogP contribution in [-0.2, 0) is 14.3 Å². The van der Waals surface area contributed by atoms with Crippen molar-refractivity contribution in [3.8, 4) is 0 Å². The van der Waals surface area contributed by atoms with Crippen molar-refractivity contribution in [1.82, 2.24) is 0 Å². The van der Waals surface area contributed by atoms with Gasteiger partial charge in [-0.3, -0.25) is 4.79 Å². The van der Waals surface area contributed by atoms with Crippen molar-refractivity contribution in [1.29, 1.82) is 0 Å². The molecule has 3 nitrogen and oxygen atoms in total. The predicted molar refractivity (Wildman–Crippen MR) is 98.6 cm³/mol. The average Bonchev–Trinajstić information content (AvgIpc) is 2.43. The molecule has 0 unspecified atom stereocenters. The van der Waals surface area contributed by atoms with Crippen molar-refractivity contribution >= 4 is 11.8 Å². The normalized spacial score (nSPS) is 10.2. The molecule has 0 aromatic rings. The van der Waals surface area contributed by atoms with E-state index in [1.165, 1.54) is 64.7 Å². The van der Waals surface area contributed by atoms with Crippen LogP contribution in [0.3, 0.4) is 0 Å². The van der Waals surface area contributed by atoms with Gasteiger partial charge in [0.25, 0.3) is 0 Å². The second-order valence-corrected chi connectivity index (χ2v) is 6.82. The van der Waals surface area contributed by atoms with Crippen molar-refractivity contribution in [2.75, 3.05) is 6.61 Å². The van der Waals surface area contributed by atoms with Gasteiger partial charge in [0.2, 0.25) is 0 Å². The second kappa shape index (κ2) is 19.2. The highest BCUT2D eigenvalue weighted by Crippen LogP contribution is 2.10. The number of unbranched alkanes of at least 4 members (excludes halogenated alkanes) is 9. The Morgan fingerprint density at radius 1 is 0.783 bits per heavy atom. The molecule has 0 aromatic heterocycles. The first-order chi connectivity index (χ1) is 10.9.